The monoisotopic (exact) mass is 493 g/mol. The van der Waals surface area contributed by atoms with Crippen molar-refractivity contribution >= 4 is 0 Å². The van der Waals surface area contributed by atoms with Crippen molar-refractivity contribution in [3.8, 4) is 0 Å². The highest BCUT2D eigenvalue weighted by atomic mass is 19.1. The second kappa shape index (κ2) is 10.2. The molecule has 0 radical (unpaired) electrons. The molecule has 3 fully saturated rings. The number of hydrogen-bond donors (Lipinski definition) is 1. The first-order valence-electron chi connectivity index (χ1n) is 15.9. The van der Waals surface area contributed by atoms with Crippen LogP contribution in [0.2, 0.25) is 0 Å². The summed E-state index contributed by atoms with van der Waals surface area (Å²) < 4.78 is 20.5. The zero-order valence-electron chi connectivity index (χ0n) is 22.4. The maximum atomic E-state index is 13.7. The number of nitrogens with one attached hydrogen (secondary N) is 1. The zero-order valence-corrected chi connectivity index (χ0v) is 22.4. The van der Waals surface area contributed by atoms with Crippen molar-refractivity contribution in [2.24, 2.45) is 29.6 Å². The Morgan fingerprint density at radius 2 is 1.53 bits per heavy atom. The molecule has 0 spiro atoms. The number of halogens is 1. The molecule has 2 heterocycles. The Hall–Kier alpha value is -1.09. The third-order valence-corrected chi connectivity index (χ3v) is 11.8. The number of alkyl halides is 1. The van der Waals surface area contributed by atoms with Gasteiger partial charge in [-0.2, -0.15) is 0 Å². The summed E-state index contributed by atoms with van der Waals surface area (Å²) in [6.45, 7) is 0. The first-order chi connectivity index (χ1) is 17.7. The highest BCUT2D eigenvalue weighted by Crippen LogP contribution is 2.52. The van der Waals surface area contributed by atoms with E-state index in [1.165, 1.54) is 89.2 Å². The third-order valence-electron chi connectivity index (χ3n) is 11.8. The van der Waals surface area contributed by atoms with Gasteiger partial charge in [-0.25, -0.2) is 4.39 Å². The van der Waals surface area contributed by atoms with E-state index in [9.17, 15) is 4.39 Å². The predicted molar refractivity (Wildman–Crippen MR) is 144 cm³/mol. The Kier molecular flexibility index (Phi) is 6.82. The maximum absolute atomic E-state index is 13.7. The summed E-state index contributed by atoms with van der Waals surface area (Å²) in [4.78, 5) is 0. The van der Waals surface area contributed by atoms with Crippen LogP contribution in [0.4, 0.5) is 4.39 Å². The molecule has 1 N–H and O–H groups in total. The molecule has 2 nitrogen and oxygen atoms in total. The molecular weight excluding hydrogens is 445 g/mol. The van der Waals surface area contributed by atoms with Gasteiger partial charge in [0.25, 0.3) is 0 Å². The van der Waals surface area contributed by atoms with Gasteiger partial charge in [0.1, 0.15) is 12.3 Å². The lowest BCUT2D eigenvalue weighted by molar-refractivity contribution is 0.123. The molecule has 0 aromatic heterocycles. The Morgan fingerprint density at radius 1 is 0.722 bits per heavy atom. The summed E-state index contributed by atoms with van der Waals surface area (Å²) in [5.74, 6) is 5.28. The average Bonchev–Trinajstić information content (AvgIpc) is 3.31. The minimum atomic E-state index is -0.536. The van der Waals surface area contributed by atoms with Crippen LogP contribution in [-0.2, 0) is 4.74 Å². The van der Waals surface area contributed by atoms with E-state index in [-0.39, 0.29) is 0 Å². The molecule has 7 atom stereocenters. The fourth-order valence-electron chi connectivity index (χ4n) is 9.67. The number of fused-ring (bicyclic) bond motifs is 3. The van der Waals surface area contributed by atoms with Crippen LogP contribution in [-0.4, -0.2) is 24.4 Å². The fraction of sp³-hybridized carbons (Fsp3) is 0.818. The van der Waals surface area contributed by atoms with Crippen molar-refractivity contribution in [1.82, 2.24) is 5.32 Å². The van der Waals surface area contributed by atoms with E-state index >= 15 is 0 Å². The van der Waals surface area contributed by atoms with Gasteiger partial charge in [-0.3, -0.25) is 0 Å². The van der Waals surface area contributed by atoms with Crippen molar-refractivity contribution < 1.29 is 9.13 Å². The first kappa shape index (κ1) is 24.0. The molecule has 3 heteroatoms. The molecule has 0 aromatic carbocycles. The van der Waals surface area contributed by atoms with Gasteiger partial charge in [0, 0.05) is 24.4 Å². The van der Waals surface area contributed by atoms with Crippen molar-refractivity contribution in [3.05, 3.63) is 34.6 Å². The van der Waals surface area contributed by atoms with Crippen molar-refractivity contribution in [2.75, 3.05) is 0 Å². The van der Waals surface area contributed by atoms with E-state index in [0.717, 1.165) is 67.9 Å². The molecule has 2 saturated carbocycles. The number of allylic oxidation sites excluding steroid dienone is 3. The molecular formula is C33H48FNO. The van der Waals surface area contributed by atoms with Gasteiger partial charge in [-0.15, -0.1) is 0 Å². The molecule has 7 unspecified atom stereocenters. The van der Waals surface area contributed by atoms with Crippen LogP contribution in [0, 0.1) is 29.6 Å². The Labute approximate surface area is 218 Å². The molecule has 36 heavy (non-hydrogen) atoms. The standard InChI is InChI=1S/C33H48FNO/c34-26-16-12-21(13-17-26)25-15-19-32-29(20-25)28-6-3-5-27(33(28)36-32)22-8-10-24(11-9-22)31-18-14-23-4-1-2-7-30(23)35-31/h5,8,21,23-26,28,30-31,33,35H,1-4,6-7,9-20H2. The molecule has 5 aliphatic carbocycles. The lowest BCUT2D eigenvalue weighted by Crippen LogP contribution is -2.51. The maximum Gasteiger partial charge on any atom is 0.130 e. The van der Waals surface area contributed by atoms with Crippen molar-refractivity contribution in [2.45, 2.75) is 140 Å². The minimum absolute atomic E-state index is 0.294. The molecule has 198 valence electrons. The van der Waals surface area contributed by atoms with Gasteiger partial charge in [0.2, 0.25) is 0 Å². The summed E-state index contributed by atoms with van der Waals surface area (Å²) in [5.41, 5.74) is 4.84. The van der Waals surface area contributed by atoms with Crippen LogP contribution >= 0.6 is 0 Å². The minimum Gasteiger partial charge on any atom is -0.489 e. The fourth-order valence-corrected chi connectivity index (χ4v) is 9.67. The van der Waals surface area contributed by atoms with E-state index in [1.54, 1.807) is 16.7 Å². The Bertz CT molecular complexity index is 911. The summed E-state index contributed by atoms with van der Waals surface area (Å²) >= 11 is 0. The van der Waals surface area contributed by atoms with E-state index in [1.807, 2.05) is 0 Å². The van der Waals surface area contributed by atoms with E-state index in [4.69, 9.17) is 4.74 Å². The normalized spacial score (nSPS) is 45.1. The molecule has 7 aliphatic rings. The Balaban J connectivity index is 0.986. The highest BCUT2D eigenvalue weighted by Gasteiger charge is 2.45. The molecule has 0 aromatic rings. The largest absolute Gasteiger partial charge is 0.489 e. The number of hydrogen-bond acceptors (Lipinski definition) is 2. The average molecular weight is 494 g/mol. The zero-order chi connectivity index (χ0) is 24.1. The number of piperidine rings is 1. The van der Waals surface area contributed by atoms with Crippen LogP contribution in [0.1, 0.15) is 116 Å². The molecule has 0 amide bonds. The van der Waals surface area contributed by atoms with E-state index in [0.29, 0.717) is 12.0 Å². The van der Waals surface area contributed by atoms with Crippen molar-refractivity contribution in [1.29, 1.82) is 0 Å². The SMILES string of the molecule is FC1CCC(C2CCC3=C(C2)C2CCC=C(C4=CCC(C5CCC6CCCCC6N5)CC4)C2O3)CC1. The number of rotatable bonds is 3. The lowest BCUT2D eigenvalue weighted by Gasteiger charge is -2.44. The summed E-state index contributed by atoms with van der Waals surface area (Å²) in [5, 5.41) is 4.13. The van der Waals surface area contributed by atoms with Gasteiger partial charge >= 0.3 is 0 Å². The molecule has 0 bridgehead atoms. The lowest BCUT2D eigenvalue weighted by atomic mass is 9.68. The van der Waals surface area contributed by atoms with Gasteiger partial charge in [0.15, 0.2) is 0 Å². The summed E-state index contributed by atoms with van der Waals surface area (Å²) in [7, 11) is 0. The predicted octanol–water partition coefficient (Wildman–Crippen LogP) is 8.34. The quantitative estimate of drug-likeness (QED) is 0.426. The van der Waals surface area contributed by atoms with E-state index < -0.39 is 6.17 Å². The Morgan fingerprint density at radius 3 is 2.39 bits per heavy atom. The highest BCUT2D eigenvalue weighted by molar-refractivity contribution is 5.42. The molecule has 7 rings (SSSR count). The van der Waals surface area contributed by atoms with Crippen LogP contribution in [0.3, 0.4) is 0 Å². The second-order valence-corrected chi connectivity index (χ2v) is 13.6. The molecule has 1 saturated heterocycles. The van der Waals surface area contributed by atoms with Crippen LogP contribution in [0.5, 0.6) is 0 Å². The summed E-state index contributed by atoms with van der Waals surface area (Å²) in [6.07, 6.45) is 27.3. The molecule has 2 aliphatic heterocycles. The summed E-state index contributed by atoms with van der Waals surface area (Å²) in [6, 6.07) is 1.56. The topological polar surface area (TPSA) is 21.3 Å². The smallest absolute Gasteiger partial charge is 0.130 e. The third kappa shape index (κ3) is 4.54. The van der Waals surface area contributed by atoms with Gasteiger partial charge in [-0.05, 0) is 137 Å². The van der Waals surface area contributed by atoms with Crippen molar-refractivity contribution in [3.63, 3.8) is 0 Å². The van der Waals surface area contributed by atoms with E-state index in [2.05, 4.69) is 17.5 Å². The van der Waals surface area contributed by atoms with Gasteiger partial charge < -0.3 is 10.1 Å². The number of ether oxygens (including phenoxy) is 1. The van der Waals surface area contributed by atoms with Crippen LogP contribution in [0.25, 0.3) is 0 Å². The van der Waals surface area contributed by atoms with Crippen LogP contribution in [0.15, 0.2) is 34.6 Å². The second-order valence-electron chi connectivity index (χ2n) is 13.6. The van der Waals surface area contributed by atoms with Gasteiger partial charge in [-0.1, -0.05) is 25.0 Å². The van der Waals surface area contributed by atoms with Crippen LogP contribution < -0.4 is 5.32 Å². The van der Waals surface area contributed by atoms with Gasteiger partial charge in [0.05, 0.1) is 5.76 Å². The first-order valence-corrected chi connectivity index (χ1v) is 15.9.